The van der Waals surface area contributed by atoms with Crippen LogP contribution in [0.15, 0.2) is 24.8 Å². The number of rotatable bonds is 6. The fourth-order valence-electron chi connectivity index (χ4n) is 1.34. The predicted molar refractivity (Wildman–Crippen MR) is 66.6 cm³/mol. The Balaban J connectivity index is 2.77. The molecule has 0 fully saturated rings. The monoisotopic (exact) mass is 239 g/mol. The van der Waals surface area contributed by atoms with E-state index in [-0.39, 0.29) is 12.0 Å². The van der Waals surface area contributed by atoms with E-state index >= 15 is 0 Å². The SMILES string of the molecule is C=CCNC(C(=O)OCC)c1ccc(C)s1. The van der Waals surface area contributed by atoms with Gasteiger partial charge in [-0.2, -0.15) is 0 Å². The third kappa shape index (κ3) is 3.47. The lowest BCUT2D eigenvalue weighted by Gasteiger charge is -2.14. The highest BCUT2D eigenvalue weighted by Crippen LogP contribution is 2.23. The molecular formula is C12H17NO2S. The molecule has 4 heteroatoms. The van der Waals surface area contributed by atoms with Crippen LogP contribution in [0.5, 0.6) is 0 Å². The minimum atomic E-state index is -0.378. The van der Waals surface area contributed by atoms with Crippen molar-refractivity contribution in [2.45, 2.75) is 19.9 Å². The second kappa shape index (κ2) is 6.45. The van der Waals surface area contributed by atoms with Gasteiger partial charge in [0, 0.05) is 16.3 Å². The van der Waals surface area contributed by atoms with E-state index in [1.807, 2.05) is 26.0 Å². The summed E-state index contributed by atoms with van der Waals surface area (Å²) in [6, 6.07) is 3.58. The molecule has 0 aliphatic carbocycles. The number of hydrogen-bond acceptors (Lipinski definition) is 4. The second-order valence-corrected chi connectivity index (χ2v) is 4.65. The number of aryl methyl sites for hydroxylation is 1. The van der Waals surface area contributed by atoms with Crippen LogP contribution in [0.3, 0.4) is 0 Å². The molecule has 0 bridgehead atoms. The van der Waals surface area contributed by atoms with Gasteiger partial charge in [0.1, 0.15) is 6.04 Å². The molecule has 0 aromatic carbocycles. The summed E-state index contributed by atoms with van der Waals surface area (Å²) in [6.07, 6.45) is 1.73. The van der Waals surface area contributed by atoms with Gasteiger partial charge in [-0.1, -0.05) is 6.08 Å². The molecule has 0 saturated carbocycles. The van der Waals surface area contributed by atoms with Crippen LogP contribution < -0.4 is 5.32 Å². The third-order valence-corrected chi connectivity index (χ3v) is 3.10. The molecule has 1 atom stereocenters. The number of carbonyl (C=O) groups is 1. The molecule has 0 amide bonds. The zero-order chi connectivity index (χ0) is 12.0. The van der Waals surface area contributed by atoms with E-state index in [1.54, 1.807) is 17.4 Å². The largest absolute Gasteiger partial charge is 0.465 e. The van der Waals surface area contributed by atoms with Crippen LogP contribution in [0.1, 0.15) is 22.7 Å². The average molecular weight is 239 g/mol. The summed E-state index contributed by atoms with van der Waals surface area (Å²) in [4.78, 5) is 13.9. The minimum absolute atomic E-state index is 0.230. The van der Waals surface area contributed by atoms with Crippen LogP contribution in [-0.4, -0.2) is 19.1 Å². The molecule has 3 nitrogen and oxygen atoms in total. The second-order valence-electron chi connectivity index (χ2n) is 3.33. The zero-order valence-electron chi connectivity index (χ0n) is 9.66. The number of nitrogens with one attached hydrogen (secondary N) is 1. The molecule has 1 aromatic heterocycles. The Morgan fingerprint density at radius 1 is 1.69 bits per heavy atom. The molecule has 1 rings (SSSR count). The number of hydrogen-bond donors (Lipinski definition) is 1. The van der Waals surface area contributed by atoms with Gasteiger partial charge in [-0.3, -0.25) is 5.32 Å². The van der Waals surface area contributed by atoms with Crippen molar-refractivity contribution in [2.75, 3.05) is 13.2 Å². The van der Waals surface area contributed by atoms with E-state index in [2.05, 4.69) is 11.9 Å². The first kappa shape index (κ1) is 12.9. The molecule has 1 heterocycles. The van der Waals surface area contributed by atoms with E-state index in [0.717, 1.165) is 4.88 Å². The normalized spacial score (nSPS) is 12.1. The van der Waals surface area contributed by atoms with Crippen molar-refractivity contribution < 1.29 is 9.53 Å². The van der Waals surface area contributed by atoms with Gasteiger partial charge >= 0.3 is 5.97 Å². The molecule has 0 aliphatic heterocycles. The number of thiophene rings is 1. The fraction of sp³-hybridized carbons (Fsp3) is 0.417. The first-order chi connectivity index (χ1) is 7.69. The molecule has 0 radical (unpaired) electrons. The van der Waals surface area contributed by atoms with Crippen molar-refractivity contribution in [3.8, 4) is 0 Å². The van der Waals surface area contributed by atoms with Gasteiger partial charge in [-0.05, 0) is 26.0 Å². The van der Waals surface area contributed by atoms with Gasteiger partial charge in [0.2, 0.25) is 0 Å². The lowest BCUT2D eigenvalue weighted by atomic mass is 10.2. The van der Waals surface area contributed by atoms with E-state index in [0.29, 0.717) is 13.2 Å². The standard InChI is InChI=1S/C12H17NO2S/c1-4-8-13-11(12(14)15-5-2)10-7-6-9(3)16-10/h4,6-7,11,13H,1,5,8H2,2-3H3. The number of ether oxygens (including phenoxy) is 1. The Kier molecular flexibility index (Phi) is 5.22. The molecular weight excluding hydrogens is 222 g/mol. The van der Waals surface area contributed by atoms with Crippen LogP contribution in [0.25, 0.3) is 0 Å². The van der Waals surface area contributed by atoms with Crippen molar-refractivity contribution in [3.63, 3.8) is 0 Å². The summed E-state index contributed by atoms with van der Waals surface area (Å²) in [5.41, 5.74) is 0. The highest BCUT2D eigenvalue weighted by Gasteiger charge is 2.22. The van der Waals surface area contributed by atoms with E-state index in [9.17, 15) is 4.79 Å². The van der Waals surface area contributed by atoms with Crippen LogP contribution in [0.4, 0.5) is 0 Å². The Morgan fingerprint density at radius 3 is 2.94 bits per heavy atom. The van der Waals surface area contributed by atoms with Crippen molar-refractivity contribution in [1.29, 1.82) is 0 Å². The van der Waals surface area contributed by atoms with Gasteiger partial charge in [-0.15, -0.1) is 17.9 Å². The average Bonchev–Trinajstić information content (AvgIpc) is 2.66. The smallest absolute Gasteiger partial charge is 0.328 e. The molecule has 88 valence electrons. The van der Waals surface area contributed by atoms with Crippen molar-refractivity contribution in [2.24, 2.45) is 0 Å². The summed E-state index contributed by atoms with van der Waals surface area (Å²) >= 11 is 1.60. The van der Waals surface area contributed by atoms with Crippen molar-refractivity contribution in [3.05, 3.63) is 34.5 Å². The summed E-state index contributed by atoms with van der Waals surface area (Å²) in [5.74, 6) is -0.230. The Bertz CT molecular complexity index is 360. The summed E-state index contributed by atoms with van der Waals surface area (Å²) < 4.78 is 5.04. The molecule has 0 saturated heterocycles. The molecule has 0 aliphatic rings. The highest BCUT2D eigenvalue weighted by atomic mass is 32.1. The minimum Gasteiger partial charge on any atom is -0.465 e. The van der Waals surface area contributed by atoms with Gasteiger partial charge in [0.25, 0.3) is 0 Å². The van der Waals surface area contributed by atoms with Gasteiger partial charge in [0.05, 0.1) is 6.61 Å². The van der Waals surface area contributed by atoms with Crippen LogP contribution >= 0.6 is 11.3 Å². The first-order valence-corrected chi connectivity index (χ1v) is 6.08. The third-order valence-electron chi connectivity index (χ3n) is 2.03. The molecule has 1 unspecified atom stereocenters. The Hall–Kier alpha value is -1.13. The van der Waals surface area contributed by atoms with Crippen LogP contribution in [-0.2, 0) is 9.53 Å². The lowest BCUT2D eigenvalue weighted by Crippen LogP contribution is -2.29. The first-order valence-electron chi connectivity index (χ1n) is 5.26. The van der Waals surface area contributed by atoms with Crippen LogP contribution in [0.2, 0.25) is 0 Å². The van der Waals surface area contributed by atoms with Crippen molar-refractivity contribution >= 4 is 17.3 Å². The topological polar surface area (TPSA) is 38.3 Å². The number of esters is 1. The summed E-state index contributed by atoms with van der Waals surface area (Å²) in [7, 11) is 0. The predicted octanol–water partition coefficient (Wildman–Crippen LogP) is 2.44. The fourth-order valence-corrected chi connectivity index (χ4v) is 2.28. The summed E-state index contributed by atoms with van der Waals surface area (Å²) in [5, 5.41) is 3.10. The summed E-state index contributed by atoms with van der Waals surface area (Å²) in [6.45, 7) is 8.43. The molecule has 1 N–H and O–H groups in total. The Labute approximate surface area is 100 Å². The van der Waals surface area contributed by atoms with Gasteiger partial charge in [-0.25, -0.2) is 4.79 Å². The van der Waals surface area contributed by atoms with Crippen LogP contribution in [0, 0.1) is 6.92 Å². The quantitative estimate of drug-likeness (QED) is 0.612. The molecule has 16 heavy (non-hydrogen) atoms. The maximum atomic E-state index is 11.7. The van der Waals surface area contributed by atoms with Crippen molar-refractivity contribution in [1.82, 2.24) is 5.32 Å². The zero-order valence-corrected chi connectivity index (χ0v) is 10.5. The van der Waals surface area contributed by atoms with E-state index in [4.69, 9.17) is 4.74 Å². The van der Waals surface area contributed by atoms with Gasteiger partial charge in [0.15, 0.2) is 0 Å². The molecule has 0 spiro atoms. The maximum Gasteiger partial charge on any atom is 0.328 e. The Morgan fingerprint density at radius 2 is 2.44 bits per heavy atom. The lowest BCUT2D eigenvalue weighted by molar-refractivity contribution is -0.145. The highest BCUT2D eigenvalue weighted by molar-refractivity contribution is 7.12. The maximum absolute atomic E-state index is 11.7. The number of carbonyl (C=O) groups excluding carboxylic acids is 1. The van der Waals surface area contributed by atoms with E-state index < -0.39 is 0 Å². The van der Waals surface area contributed by atoms with Gasteiger partial charge < -0.3 is 4.74 Å². The van der Waals surface area contributed by atoms with E-state index in [1.165, 1.54) is 4.88 Å². The molecule has 1 aromatic rings.